The summed E-state index contributed by atoms with van der Waals surface area (Å²) in [4.78, 5) is 12.9. The summed E-state index contributed by atoms with van der Waals surface area (Å²) in [7, 11) is -1.47. The zero-order valence-electron chi connectivity index (χ0n) is 17.9. The standard InChI is InChI=1S/C26H21Cl2N3O2S/c27-20-10-15-24(28)19(16-20)17-29-26(32)30-21-11-13-22(14-12-21)31-34(33)25-9-5-4-8-23(25)18-6-2-1-3-7-18/h1-16,31H,17H2,(H2,29,30,32). The lowest BCUT2D eigenvalue weighted by Gasteiger charge is -2.12. The van der Waals surface area contributed by atoms with E-state index in [1.54, 1.807) is 42.5 Å². The molecule has 0 aromatic heterocycles. The van der Waals surface area contributed by atoms with E-state index in [0.717, 1.165) is 16.7 Å². The van der Waals surface area contributed by atoms with E-state index in [9.17, 15) is 9.00 Å². The van der Waals surface area contributed by atoms with Gasteiger partial charge in [0, 0.05) is 28.0 Å². The van der Waals surface area contributed by atoms with Gasteiger partial charge in [-0.1, -0.05) is 71.7 Å². The van der Waals surface area contributed by atoms with Crippen molar-refractivity contribution in [1.82, 2.24) is 5.32 Å². The van der Waals surface area contributed by atoms with Crippen molar-refractivity contribution in [3.63, 3.8) is 0 Å². The Balaban J connectivity index is 1.37. The Morgan fingerprint density at radius 2 is 1.47 bits per heavy atom. The van der Waals surface area contributed by atoms with Crippen LogP contribution in [0.5, 0.6) is 0 Å². The molecule has 0 saturated carbocycles. The minimum absolute atomic E-state index is 0.241. The first kappa shape index (κ1) is 23.8. The van der Waals surface area contributed by atoms with Gasteiger partial charge in [-0.3, -0.25) is 0 Å². The first-order valence-electron chi connectivity index (χ1n) is 10.4. The summed E-state index contributed by atoms with van der Waals surface area (Å²) in [6.45, 7) is 0.241. The summed E-state index contributed by atoms with van der Waals surface area (Å²) < 4.78 is 16.1. The van der Waals surface area contributed by atoms with Crippen LogP contribution in [0.4, 0.5) is 16.2 Å². The molecule has 0 saturated heterocycles. The van der Waals surface area contributed by atoms with Gasteiger partial charge in [-0.05, 0) is 65.2 Å². The molecule has 0 aliphatic rings. The number of urea groups is 1. The molecule has 8 heteroatoms. The number of amides is 2. The highest BCUT2D eigenvalue weighted by Crippen LogP contribution is 2.27. The van der Waals surface area contributed by atoms with Crippen LogP contribution in [-0.2, 0) is 17.5 Å². The van der Waals surface area contributed by atoms with Crippen LogP contribution in [0.3, 0.4) is 0 Å². The first-order valence-corrected chi connectivity index (χ1v) is 12.3. The summed E-state index contributed by atoms with van der Waals surface area (Å²) in [6, 6.07) is 29.1. The van der Waals surface area contributed by atoms with E-state index < -0.39 is 11.0 Å². The Morgan fingerprint density at radius 1 is 0.794 bits per heavy atom. The molecule has 4 aromatic carbocycles. The molecule has 0 heterocycles. The molecule has 1 unspecified atom stereocenters. The maximum Gasteiger partial charge on any atom is 0.319 e. The van der Waals surface area contributed by atoms with Crippen molar-refractivity contribution in [2.75, 3.05) is 10.0 Å². The number of nitrogens with one attached hydrogen (secondary N) is 3. The number of anilines is 2. The number of halogens is 2. The Labute approximate surface area is 210 Å². The van der Waals surface area contributed by atoms with E-state index in [0.29, 0.717) is 26.3 Å². The number of hydrogen-bond acceptors (Lipinski definition) is 2. The molecule has 34 heavy (non-hydrogen) atoms. The van der Waals surface area contributed by atoms with Gasteiger partial charge in [0.25, 0.3) is 0 Å². The van der Waals surface area contributed by atoms with Gasteiger partial charge in [0.15, 0.2) is 11.0 Å². The molecule has 4 rings (SSSR count). The van der Waals surface area contributed by atoms with E-state index in [1.165, 1.54) is 0 Å². The van der Waals surface area contributed by atoms with E-state index in [-0.39, 0.29) is 12.6 Å². The van der Waals surface area contributed by atoms with Gasteiger partial charge in [-0.25, -0.2) is 9.00 Å². The monoisotopic (exact) mass is 509 g/mol. The Hall–Kier alpha value is -3.32. The quantitative estimate of drug-likeness (QED) is 0.248. The molecule has 0 spiro atoms. The molecule has 5 nitrogen and oxygen atoms in total. The van der Waals surface area contributed by atoms with Gasteiger partial charge < -0.3 is 15.4 Å². The van der Waals surface area contributed by atoms with E-state index in [2.05, 4.69) is 15.4 Å². The van der Waals surface area contributed by atoms with Gasteiger partial charge in [0.2, 0.25) is 0 Å². The fourth-order valence-corrected chi connectivity index (χ4v) is 4.72. The average Bonchev–Trinajstić information content (AvgIpc) is 2.86. The lowest BCUT2D eigenvalue weighted by molar-refractivity contribution is 0.251. The number of carbonyl (C=O) groups is 1. The van der Waals surface area contributed by atoms with Crippen LogP contribution >= 0.6 is 23.2 Å². The second-order valence-electron chi connectivity index (χ2n) is 7.35. The van der Waals surface area contributed by atoms with Crippen LogP contribution in [0, 0.1) is 0 Å². The smallest absolute Gasteiger partial charge is 0.319 e. The third-order valence-corrected chi connectivity index (χ3v) is 6.75. The van der Waals surface area contributed by atoms with Crippen LogP contribution in [0.2, 0.25) is 10.0 Å². The van der Waals surface area contributed by atoms with E-state index >= 15 is 0 Å². The summed E-state index contributed by atoms with van der Waals surface area (Å²) in [5, 5.41) is 6.59. The molecule has 0 aliphatic heterocycles. The van der Waals surface area contributed by atoms with Crippen molar-refractivity contribution in [2.24, 2.45) is 0 Å². The highest BCUT2D eigenvalue weighted by Gasteiger charge is 2.11. The molecule has 4 aromatic rings. The van der Waals surface area contributed by atoms with E-state index in [4.69, 9.17) is 23.2 Å². The van der Waals surface area contributed by atoms with E-state index in [1.807, 2.05) is 54.6 Å². The fraction of sp³-hybridized carbons (Fsp3) is 0.0385. The molecule has 1 atom stereocenters. The van der Waals surface area contributed by atoms with Gasteiger partial charge >= 0.3 is 6.03 Å². The summed E-state index contributed by atoms with van der Waals surface area (Å²) in [6.07, 6.45) is 0. The largest absolute Gasteiger partial charge is 0.334 e. The average molecular weight is 510 g/mol. The van der Waals surface area contributed by atoms with Crippen LogP contribution in [0.1, 0.15) is 5.56 Å². The predicted molar refractivity (Wildman–Crippen MR) is 141 cm³/mol. The third-order valence-electron chi connectivity index (χ3n) is 4.97. The van der Waals surface area contributed by atoms with Crippen LogP contribution < -0.4 is 15.4 Å². The van der Waals surface area contributed by atoms with Crippen molar-refractivity contribution < 1.29 is 9.00 Å². The predicted octanol–water partition coefficient (Wildman–Crippen LogP) is 7.12. The number of hydrogen-bond donors (Lipinski definition) is 3. The first-order chi connectivity index (χ1) is 16.5. The molecular weight excluding hydrogens is 489 g/mol. The highest BCUT2D eigenvalue weighted by atomic mass is 35.5. The molecule has 2 amide bonds. The SMILES string of the molecule is O=C(NCc1cc(Cl)ccc1Cl)Nc1ccc(NS(=O)c2ccccc2-c2ccccc2)cc1. The number of rotatable bonds is 7. The maximum atomic E-state index is 13.0. The molecule has 0 bridgehead atoms. The normalized spacial score (nSPS) is 11.5. The summed E-state index contributed by atoms with van der Waals surface area (Å²) in [5.41, 5.74) is 3.89. The Bertz CT molecular complexity index is 1320. The molecule has 0 fully saturated rings. The lowest BCUT2D eigenvalue weighted by atomic mass is 10.1. The number of benzene rings is 4. The second kappa shape index (κ2) is 11.2. The van der Waals surface area contributed by atoms with Crippen LogP contribution in [-0.4, -0.2) is 10.2 Å². The van der Waals surface area contributed by atoms with Crippen molar-refractivity contribution in [3.05, 3.63) is 113 Å². The fourth-order valence-electron chi connectivity index (χ4n) is 3.30. The highest BCUT2D eigenvalue weighted by molar-refractivity contribution is 7.86. The van der Waals surface area contributed by atoms with Gasteiger partial charge in [0.1, 0.15) is 0 Å². The minimum atomic E-state index is -1.47. The second-order valence-corrected chi connectivity index (χ2v) is 9.38. The Morgan fingerprint density at radius 3 is 2.24 bits per heavy atom. The molecular formula is C26H21Cl2N3O2S. The molecule has 3 N–H and O–H groups in total. The van der Waals surface area contributed by atoms with Crippen molar-refractivity contribution in [1.29, 1.82) is 0 Å². The zero-order chi connectivity index (χ0) is 23.9. The summed E-state index contributed by atoms with van der Waals surface area (Å²) >= 11 is 12.1. The lowest BCUT2D eigenvalue weighted by Crippen LogP contribution is -2.28. The van der Waals surface area contributed by atoms with Gasteiger partial charge in [0.05, 0.1) is 4.90 Å². The maximum absolute atomic E-state index is 13.0. The topological polar surface area (TPSA) is 70.2 Å². The number of carbonyl (C=O) groups excluding carboxylic acids is 1. The molecule has 172 valence electrons. The molecule has 0 aliphatic carbocycles. The van der Waals surface area contributed by atoms with Crippen molar-refractivity contribution in [2.45, 2.75) is 11.4 Å². The van der Waals surface area contributed by atoms with Crippen LogP contribution in [0.15, 0.2) is 102 Å². The van der Waals surface area contributed by atoms with Crippen LogP contribution in [0.25, 0.3) is 11.1 Å². The summed E-state index contributed by atoms with van der Waals surface area (Å²) in [5.74, 6) is 0. The zero-order valence-corrected chi connectivity index (χ0v) is 20.3. The third kappa shape index (κ3) is 6.17. The van der Waals surface area contributed by atoms with Gasteiger partial charge in [-0.15, -0.1) is 0 Å². The minimum Gasteiger partial charge on any atom is -0.334 e. The van der Waals surface area contributed by atoms with Crippen molar-refractivity contribution >= 4 is 51.6 Å². The van der Waals surface area contributed by atoms with Crippen molar-refractivity contribution in [3.8, 4) is 11.1 Å². The van der Waals surface area contributed by atoms with Gasteiger partial charge in [-0.2, -0.15) is 0 Å². The Kier molecular flexibility index (Phi) is 7.85. The molecule has 0 radical (unpaired) electrons.